The molecule has 3 nitrogen and oxygen atoms in total. The lowest BCUT2D eigenvalue weighted by Crippen LogP contribution is -2.34. The van der Waals surface area contributed by atoms with Crippen LogP contribution in [0.1, 0.15) is 19.8 Å². The highest BCUT2D eigenvalue weighted by Crippen LogP contribution is 2.28. The second kappa shape index (κ2) is 7.63. The van der Waals surface area contributed by atoms with Gasteiger partial charge < -0.3 is 14.9 Å². The van der Waals surface area contributed by atoms with Crippen LogP contribution in [0.3, 0.4) is 0 Å². The van der Waals surface area contributed by atoms with Gasteiger partial charge in [-0.05, 0) is 12.8 Å². The molecule has 0 bridgehead atoms. The molecule has 0 fully saturated rings. The first-order valence-electron chi connectivity index (χ1n) is 5.24. The molecule has 2 N–H and O–H groups in total. The zero-order valence-electron chi connectivity index (χ0n) is 9.48. The maximum Gasteiger partial charge on any atom is 0.0725 e. The van der Waals surface area contributed by atoms with Crippen molar-refractivity contribution in [3.63, 3.8) is 0 Å². The number of hydrogen-bond acceptors (Lipinski definition) is 3. The topological polar surface area (TPSA) is 49.7 Å². The second-order valence-electron chi connectivity index (χ2n) is 3.82. The third-order valence-corrected chi connectivity index (χ3v) is 2.64. The predicted molar refractivity (Wildman–Crippen MR) is 61.6 cm³/mol. The number of ether oxygens (including phenoxy) is 1. The second-order valence-corrected chi connectivity index (χ2v) is 3.82. The normalized spacial score (nSPS) is 16.7. The quantitative estimate of drug-likeness (QED) is 0.452. The fraction of sp³-hybridized carbons (Fsp3) is 0.667. The van der Waals surface area contributed by atoms with Crippen LogP contribution in [0.4, 0.5) is 0 Å². The Morgan fingerprint density at radius 1 is 1.47 bits per heavy atom. The molecule has 0 aliphatic carbocycles. The first-order valence-corrected chi connectivity index (χ1v) is 5.24. The Labute approximate surface area is 92.1 Å². The Morgan fingerprint density at radius 3 is 2.53 bits per heavy atom. The van der Waals surface area contributed by atoms with Gasteiger partial charge in [0, 0.05) is 5.41 Å². The van der Waals surface area contributed by atoms with Crippen LogP contribution in [-0.4, -0.2) is 36.1 Å². The van der Waals surface area contributed by atoms with Crippen molar-refractivity contribution >= 4 is 0 Å². The summed E-state index contributed by atoms with van der Waals surface area (Å²) in [5, 5.41) is 18.9. The van der Waals surface area contributed by atoms with Crippen LogP contribution < -0.4 is 0 Å². The molecule has 0 aromatic heterocycles. The predicted octanol–water partition coefficient (Wildman–Crippen LogP) is 1.51. The van der Waals surface area contributed by atoms with Crippen molar-refractivity contribution in [2.24, 2.45) is 5.41 Å². The van der Waals surface area contributed by atoms with E-state index in [1.807, 2.05) is 6.92 Å². The van der Waals surface area contributed by atoms with Crippen LogP contribution in [0.25, 0.3) is 0 Å². The Morgan fingerprint density at radius 2 is 2.13 bits per heavy atom. The summed E-state index contributed by atoms with van der Waals surface area (Å²) >= 11 is 0. The molecular formula is C12H22O3. The first-order chi connectivity index (χ1) is 7.14. The third kappa shape index (κ3) is 5.11. The Hall–Kier alpha value is -0.640. The van der Waals surface area contributed by atoms with Crippen molar-refractivity contribution in [3.05, 3.63) is 25.3 Å². The van der Waals surface area contributed by atoms with E-state index in [2.05, 4.69) is 13.2 Å². The molecular weight excluding hydrogens is 192 g/mol. The largest absolute Gasteiger partial charge is 0.396 e. The molecule has 15 heavy (non-hydrogen) atoms. The monoisotopic (exact) mass is 214 g/mol. The van der Waals surface area contributed by atoms with E-state index in [4.69, 9.17) is 4.74 Å². The lowest BCUT2D eigenvalue weighted by molar-refractivity contribution is -0.0121. The average molecular weight is 214 g/mol. The van der Waals surface area contributed by atoms with Crippen LogP contribution in [0, 0.1) is 5.41 Å². The molecule has 2 atom stereocenters. The van der Waals surface area contributed by atoms with Crippen molar-refractivity contribution in [2.45, 2.75) is 25.9 Å². The van der Waals surface area contributed by atoms with Crippen LogP contribution in [0.5, 0.6) is 0 Å². The fourth-order valence-electron chi connectivity index (χ4n) is 1.41. The average Bonchev–Trinajstić information content (AvgIpc) is 2.27. The molecule has 0 amide bonds. The summed E-state index contributed by atoms with van der Waals surface area (Å²) in [4.78, 5) is 0. The Balaban J connectivity index is 4.28. The van der Waals surface area contributed by atoms with Crippen molar-refractivity contribution in [1.29, 1.82) is 0 Å². The van der Waals surface area contributed by atoms with Crippen molar-refractivity contribution < 1.29 is 14.9 Å². The van der Waals surface area contributed by atoms with Gasteiger partial charge in [0.15, 0.2) is 0 Å². The van der Waals surface area contributed by atoms with E-state index in [0.29, 0.717) is 19.6 Å². The first kappa shape index (κ1) is 14.4. The van der Waals surface area contributed by atoms with Crippen LogP contribution in [-0.2, 0) is 4.74 Å². The van der Waals surface area contributed by atoms with Gasteiger partial charge in [0.2, 0.25) is 0 Å². The van der Waals surface area contributed by atoms with Gasteiger partial charge in [-0.2, -0.15) is 0 Å². The van der Waals surface area contributed by atoms with Gasteiger partial charge in [-0.25, -0.2) is 0 Å². The third-order valence-electron chi connectivity index (χ3n) is 2.64. The van der Waals surface area contributed by atoms with Crippen molar-refractivity contribution in [2.75, 3.05) is 19.8 Å². The highest BCUT2D eigenvalue weighted by molar-refractivity contribution is 4.88. The van der Waals surface area contributed by atoms with E-state index in [0.717, 1.165) is 6.42 Å². The zero-order chi connectivity index (χ0) is 11.7. The molecule has 88 valence electrons. The molecule has 0 aromatic rings. The minimum Gasteiger partial charge on any atom is -0.396 e. The Kier molecular flexibility index (Phi) is 7.30. The van der Waals surface area contributed by atoms with E-state index < -0.39 is 6.10 Å². The van der Waals surface area contributed by atoms with Crippen molar-refractivity contribution in [3.8, 4) is 0 Å². The number of aliphatic hydroxyl groups is 2. The Bertz CT molecular complexity index is 185. The molecule has 0 saturated heterocycles. The highest BCUT2D eigenvalue weighted by Gasteiger charge is 2.29. The van der Waals surface area contributed by atoms with E-state index in [1.54, 1.807) is 6.08 Å². The summed E-state index contributed by atoms with van der Waals surface area (Å²) in [6.45, 7) is 9.95. The fourth-order valence-corrected chi connectivity index (χ4v) is 1.41. The van der Waals surface area contributed by atoms with E-state index in [9.17, 15) is 10.2 Å². The molecule has 0 aliphatic heterocycles. The molecule has 0 saturated carbocycles. The molecule has 0 rings (SSSR count). The molecule has 2 unspecified atom stereocenters. The summed E-state index contributed by atoms with van der Waals surface area (Å²) in [5.41, 5.74) is -0.378. The van der Waals surface area contributed by atoms with E-state index in [-0.39, 0.29) is 12.0 Å². The molecule has 0 aromatic carbocycles. The van der Waals surface area contributed by atoms with Crippen LogP contribution >= 0.6 is 0 Å². The van der Waals surface area contributed by atoms with Crippen LogP contribution in [0.2, 0.25) is 0 Å². The molecule has 0 radical (unpaired) electrons. The highest BCUT2D eigenvalue weighted by atomic mass is 16.5. The minimum absolute atomic E-state index is 0.00550. The molecule has 0 spiro atoms. The molecule has 0 heterocycles. The van der Waals surface area contributed by atoms with Gasteiger partial charge in [0.25, 0.3) is 0 Å². The summed E-state index contributed by atoms with van der Waals surface area (Å²) in [6, 6.07) is 0. The number of aliphatic hydroxyl groups excluding tert-OH is 2. The summed E-state index contributed by atoms with van der Waals surface area (Å²) in [5.74, 6) is 0. The smallest absolute Gasteiger partial charge is 0.0725 e. The van der Waals surface area contributed by atoms with Gasteiger partial charge in [0.05, 0.1) is 25.9 Å². The lowest BCUT2D eigenvalue weighted by Gasteiger charge is -2.31. The van der Waals surface area contributed by atoms with Gasteiger partial charge in [-0.3, -0.25) is 0 Å². The van der Waals surface area contributed by atoms with Gasteiger partial charge in [-0.1, -0.05) is 19.1 Å². The molecule has 0 aliphatic rings. The van der Waals surface area contributed by atoms with Gasteiger partial charge in [-0.15, -0.1) is 13.2 Å². The van der Waals surface area contributed by atoms with Gasteiger partial charge in [0.1, 0.15) is 0 Å². The number of hydrogen-bond donors (Lipinski definition) is 2. The maximum absolute atomic E-state index is 9.51. The van der Waals surface area contributed by atoms with E-state index in [1.165, 1.54) is 6.08 Å². The number of rotatable bonds is 9. The summed E-state index contributed by atoms with van der Waals surface area (Å²) in [6.07, 6.45) is 3.78. The lowest BCUT2D eigenvalue weighted by atomic mass is 9.81. The maximum atomic E-state index is 9.51. The molecule has 3 heteroatoms. The van der Waals surface area contributed by atoms with E-state index >= 15 is 0 Å². The zero-order valence-corrected chi connectivity index (χ0v) is 9.48. The standard InChI is InChI=1S/C12H22O3/c1-4-7-15-10-12(6-3,9-13)8-11(14)5-2/h4-5,11,13-14H,1-2,6-10H2,3H3. The summed E-state index contributed by atoms with van der Waals surface area (Å²) < 4.78 is 5.35. The summed E-state index contributed by atoms with van der Waals surface area (Å²) in [7, 11) is 0. The SMILES string of the molecule is C=CCOCC(CC)(CO)CC(O)C=C. The minimum atomic E-state index is -0.593. The van der Waals surface area contributed by atoms with Crippen molar-refractivity contribution in [1.82, 2.24) is 0 Å². The van der Waals surface area contributed by atoms with Crippen LogP contribution in [0.15, 0.2) is 25.3 Å². The van der Waals surface area contributed by atoms with Gasteiger partial charge >= 0.3 is 0 Å².